The van der Waals surface area contributed by atoms with Crippen molar-refractivity contribution >= 4 is 28.2 Å². The van der Waals surface area contributed by atoms with E-state index >= 15 is 0 Å². The zero-order chi connectivity index (χ0) is 26.7. The van der Waals surface area contributed by atoms with Gasteiger partial charge < -0.3 is 15.4 Å². The molecule has 2 N–H and O–H groups in total. The summed E-state index contributed by atoms with van der Waals surface area (Å²) in [5.74, 6) is 0. The summed E-state index contributed by atoms with van der Waals surface area (Å²) >= 11 is 0. The molecule has 1 aliphatic rings. The topological polar surface area (TPSA) is 79.4 Å². The molecule has 7 nitrogen and oxygen atoms in total. The molecule has 2 aromatic heterocycles. The van der Waals surface area contributed by atoms with Crippen molar-refractivity contribution in [2.24, 2.45) is 0 Å². The van der Waals surface area contributed by atoms with Crippen molar-refractivity contribution in [3.05, 3.63) is 83.9 Å². The van der Waals surface area contributed by atoms with Crippen LogP contribution in [0.2, 0.25) is 0 Å². The Morgan fingerprint density at radius 2 is 1.71 bits per heavy atom. The van der Waals surface area contributed by atoms with Crippen LogP contribution in [-0.4, -0.2) is 47.2 Å². The van der Waals surface area contributed by atoms with Crippen molar-refractivity contribution in [1.29, 1.82) is 0 Å². The number of benzene rings is 2. The minimum Gasteiger partial charge on any atom is -0.379 e. The summed E-state index contributed by atoms with van der Waals surface area (Å²) in [6.45, 7) is 12.6. The van der Waals surface area contributed by atoms with Gasteiger partial charge in [0.05, 0.1) is 36.0 Å². The number of urea groups is 1. The fourth-order valence-electron chi connectivity index (χ4n) is 4.94. The number of aromatic nitrogens is 2. The van der Waals surface area contributed by atoms with Gasteiger partial charge in [-0.15, -0.1) is 0 Å². The molecule has 0 aliphatic carbocycles. The molecule has 5 rings (SSSR count). The molecule has 196 valence electrons. The Balaban J connectivity index is 1.38. The largest absolute Gasteiger partial charge is 0.379 e. The summed E-state index contributed by atoms with van der Waals surface area (Å²) in [6, 6.07) is 18.0. The first kappa shape index (κ1) is 25.8. The molecule has 0 spiro atoms. The van der Waals surface area contributed by atoms with E-state index in [1.165, 1.54) is 0 Å². The molecule has 2 aromatic carbocycles. The van der Waals surface area contributed by atoms with Gasteiger partial charge in [-0.1, -0.05) is 57.2 Å². The molecule has 0 atom stereocenters. The van der Waals surface area contributed by atoms with E-state index in [9.17, 15) is 4.79 Å². The number of nitrogens with one attached hydrogen (secondary N) is 2. The zero-order valence-corrected chi connectivity index (χ0v) is 22.5. The maximum atomic E-state index is 13.1. The standard InChI is InChI=1S/C31H35N5O2/c1-21-29(27(13-14-32-21)31(2,3)4)35-30(37)34-28-12-11-24(25-7-5-6-8-26(25)28)22-9-10-23(33-19-22)20-36-15-17-38-18-16-36/h5-14,19H,15-18,20H2,1-4H3,(H2,34,35,37). The third kappa shape index (κ3) is 5.69. The highest BCUT2D eigenvalue weighted by atomic mass is 16.5. The molecule has 4 aromatic rings. The Bertz CT molecular complexity index is 1440. The van der Waals surface area contributed by atoms with Crippen LogP contribution in [-0.2, 0) is 16.7 Å². The van der Waals surface area contributed by atoms with Gasteiger partial charge in [0.15, 0.2) is 0 Å². The number of carbonyl (C=O) groups excluding carboxylic acids is 1. The van der Waals surface area contributed by atoms with Gasteiger partial charge in [-0.2, -0.15) is 0 Å². The van der Waals surface area contributed by atoms with Crippen LogP contribution in [0, 0.1) is 6.92 Å². The summed E-state index contributed by atoms with van der Waals surface area (Å²) in [5, 5.41) is 8.14. The SMILES string of the molecule is Cc1nccc(C(C)(C)C)c1NC(=O)Nc1ccc(-c2ccc(CN3CCOCC3)nc2)c2ccccc12. The number of ether oxygens (including phenoxy) is 1. The third-order valence-electron chi connectivity index (χ3n) is 6.98. The number of amides is 2. The van der Waals surface area contributed by atoms with E-state index in [0.29, 0.717) is 0 Å². The number of rotatable bonds is 5. The summed E-state index contributed by atoms with van der Waals surface area (Å²) < 4.78 is 5.45. The Morgan fingerprint density at radius 3 is 2.42 bits per heavy atom. The number of nitrogens with zero attached hydrogens (tertiary/aromatic N) is 3. The van der Waals surface area contributed by atoms with Crippen LogP contribution in [0.3, 0.4) is 0 Å². The summed E-state index contributed by atoms with van der Waals surface area (Å²) in [7, 11) is 0. The highest BCUT2D eigenvalue weighted by molar-refractivity contribution is 6.10. The van der Waals surface area contributed by atoms with Gasteiger partial charge in [-0.25, -0.2) is 4.79 Å². The number of carbonyl (C=O) groups is 1. The van der Waals surface area contributed by atoms with Crippen molar-refractivity contribution in [1.82, 2.24) is 14.9 Å². The van der Waals surface area contributed by atoms with Crippen LogP contribution in [0.5, 0.6) is 0 Å². The minimum absolute atomic E-state index is 0.129. The van der Waals surface area contributed by atoms with Gasteiger partial charge in [0, 0.05) is 43.0 Å². The molecule has 0 saturated carbocycles. The van der Waals surface area contributed by atoms with E-state index in [1.807, 2.05) is 49.5 Å². The molecule has 0 radical (unpaired) electrons. The summed E-state index contributed by atoms with van der Waals surface area (Å²) in [5.41, 5.74) is 6.38. The number of aryl methyl sites for hydroxylation is 1. The quantitative estimate of drug-likeness (QED) is 0.326. The number of pyridine rings is 2. The molecule has 1 aliphatic heterocycles. The molecule has 7 heteroatoms. The van der Waals surface area contributed by atoms with Gasteiger partial charge in [0.2, 0.25) is 0 Å². The predicted molar refractivity (Wildman–Crippen MR) is 154 cm³/mol. The normalized spacial score (nSPS) is 14.4. The average molecular weight is 510 g/mol. The van der Waals surface area contributed by atoms with Gasteiger partial charge in [-0.3, -0.25) is 14.9 Å². The molecule has 1 saturated heterocycles. The Hall–Kier alpha value is -3.81. The number of anilines is 2. The summed E-state index contributed by atoms with van der Waals surface area (Å²) in [4.78, 5) is 24.6. The van der Waals surface area contributed by atoms with Gasteiger partial charge in [0.1, 0.15) is 0 Å². The molecule has 0 unspecified atom stereocenters. The van der Waals surface area contributed by atoms with Crippen molar-refractivity contribution in [2.75, 3.05) is 36.9 Å². The predicted octanol–water partition coefficient (Wildman–Crippen LogP) is 6.38. The molecule has 3 heterocycles. The second-order valence-electron chi connectivity index (χ2n) is 10.8. The smallest absolute Gasteiger partial charge is 0.323 e. The van der Waals surface area contributed by atoms with Crippen LogP contribution >= 0.6 is 0 Å². The van der Waals surface area contributed by atoms with Crippen molar-refractivity contribution in [3.8, 4) is 11.1 Å². The Morgan fingerprint density at radius 1 is 0.947 bits per heavy atom. The molecular weight excluding hydrogens is 474 g/mol. The van der Waals surface area contributed by atoms with E-state index in [0.717, 1.165) is 83.1 Å². The van der Waals surface area contributed by atoms with Gasteiger partial charge >= 0.3 is 6.03 Å². The van der Waals surface area contributed by atoms with Crippen molar-refractivity contribution < 1.29 is 9.53 Å². The highest BCUT2D eigenvalue weighted by Gasteiger charge is 2.21. The number of fused-ring (bicyclic) bond motifs is 1. The van der Waals surface area contributed by atoms with E-state index in [1.54, 1.807) is 6.20 Å². The monoisotopic (exact) mass is 509 g/mol. The zero-order valence-electron chi connectivity index (χ0n) is 22.5. The Kier molecular flexibility index (Phi) is 7.40. The molecule has 2 amide bonds. The fraction of sp³-hybridized carbons (Fsp3) is 0.323. The first-order valence-corrected chi connectivity index (χ1v) is 13.1. The molecular formula is C31H35N5O2. The highest BCUT2D eigenvalue weighted by Crippen LogP contribution is 2.34. The van der Waals surface area contributed by atoms with Gasteiger partial charge in [0.25, 0.3) is 0 Å². The van der Waals surface area contributed by atoms with E-state index in [2.05, 4.69) is 59.5 Å². The molecule has 0 bridgehead atoms. The fourth-order valence-corrected chi connectivity index (χ4v) is 4.94. The van der Waals surface area contributed by atoms with E-state index in [-0.39, 0.29) is 11.4 Å². The average Bonchev–Trinajstić information content (AvgIpc) is 2.90. The van der Waals surface area contributed by atoms with Crippen LogP contribution < -0.4 is 10.6 Å². The molecule has 38 heavy (non-hydrogen) atoms. The lowest BCUT2D eigenvalue weighted by molar-refractivity contribution is 0.0336. The summed E-state index contributed by atoms with van der Waals surface area (Å²) in [6.07, 6.45) is 3.73. The van der Waals surface area contributed by atoms with Gasteiger partial charge in [-0.05, 0) is 47.1 Å². The molecule has 1 fully saturated rings. The Labute approximate surface area is 224 Å². The first-order valence-electron chi connectivity index (χ1n) is 13.1. The van der Waals surface area contributed by atoms with Crippen LogP contribution in [0.4, 0.5) is 16.2 Å². The number of hydrogen-bond acceptors (Lipinski definition) is 5. The van der Waals surface area contributed by atoms with Crippen molar-refractivity contribution in [2.45, 2.75) is 39.7 Å². The lowest BCUT2D eigenvalue weighted by atomic mass is 9.86. The van der Waals surface area contributed by atoms with E-state index in [4.69, 9.17) is 9.72 Å². The maximum Gasteiger partial charge on any atom is 0.323 e. The second-order valence-corrected chi connectivity index (χ2v) is 10.8. The number of morpholine rings is 1. The minimum atomic E-state index is -0.293. The third-order valence-corrected chi connectivity index (χ3v) is 6.98. The lowest BCUT2D eigenvalue weighted by Crippen LogP contribution is -2.35. The second kappa shape index (κ2) is 10.9. The maximum absolute atomic E-state index is 13.1. The van der Waals surface area contributed by atoms with Crippen LogP contribution in [0.1, 0.15) is 37.7 Å². The van der Waals surface area contributed by atoms with Crippen LogP contribution in [0.15, 0.2) is 67.0 Å². The van der Waals surface area contributed by atoms with Crippen LogP contribution in [0.25, 0.3) is 21.9 Å². The lowest BCUT2D eigenvalue weighted by Gasteiger charge is -2.26. The van der Waals surface area contributed by atoms with Crippen molar-refractivity contribution in [3.63, 3.8) is 0 Å². The van der Waals surface area contributed by atoms with E-state index < -0.39 is 0 Å². The first-order chi connectivity index (χ1) is 18.3. The number of hydrogen-bond donors (Lipinski definition) is 2.